The summed E-state index contributed by atoms with van der Waals surface area (Å²) in [6.07, 6.45) is 0.811. The number of hydrogen-bond donors (Lipinski definition) is 0. The molecule has 0 bridgehead atoms. The molecule has 0 saturated carbocycles. The normalized spacial score (nSPS) is 11.2. The van der Waals surface area contributed by atoms with Gasteiger partial charge in [0.05, 0.1) is 20.6 Å². The zero-order valence-electron chi connectivity index (χ0n) is 9.24. The molecule has 0 spiro atoms. The molecular weight excluding hydrogens is 344 g/mol. The van der Waals surface area contributed by atoms with E-state index in [2.05, 4.69) is 20.9 Å². The maximum atomic E-state index is 6.34. The van der Waals surface area contributed by atoms with Gasteiger partial charge in [0.15, 0.2) is 0 Å². The first-order chi connectivity index (χ1) is 7.97. The van der Waals surface area contributed by atoms with Gasteiger partial charge in [-0.25, -0.2) is 0 Å². The Balaban J connectivity index is 2.97. The molecule has 0 N–H and O–H groups in total. The van der Waals surface area contributed by atoms with Gasteiger partial charge in [-0.05, 0) is 40.9 Å². The predicted molar refractivity (Wildman–Crippen MR) is 78.6 cm³/mol. The van der Waals surface area contributed by atoms with Gasteiger partial charge >= 0.3 is 0 Å². The largest absolute Gasteiger partial charge is 0.251 e. The van der Waals surface area contributed by atoms with Crippen LogP contribution in [0.15, 0.2) is 10.5 Å². The first-order valence-electron chi connectivity index (χ1n) is 5.09. The van der Waals surface area contributed by atoms with Crippen LogP contribution in [0.5, 0.6) is 0 Å². The van der Waals surface area contributed by atoms with Crippen molar-refractivity contribution in [1.29, 1.82) is 0 Å². The van der Waals surface area contributed by atoms with E-state index < -0.39 is 0 Å². The molecule has 17 heavy (non-hydrogen) atoms. The molecule has 0 saturated heterocycles. The van der Waals surface area contributed by atoms with Crippen LogP contribution in [0.4, 0.5) is 0 Å². The fraction of sp³-hybridized carbons (Fsp3) is 0.250. The van der Waals surface area contributed by atoms with Gasteiger partial charge in [-0.3, -0.25) is 4.98 Å². The highest BCUT2D eigenvalue weighted by molar-refractivity contribution is 9.10. The zero-order valence-corrected chi connectivity index (χ0v) is 13.1. The van der Waals surface area contributed by atoms with E-state index in [4.69, 9.17) is 34.8 Å². The van der Waals surface area contributed by atoms with Crippen molar-refractivity contribution < 1.29 is 0 Å². The minimum Gasteiger partial charge on any atom is -0.251 e. The van der Waals surface area contributed by atoms with Crippen molar-refractivity contribution in [3.05, 3.63) is 36.9 Å². The van der Waals surface area contributed by atoms with Crippen LogP contribution in [0.1, 0.15) is 18.2 Å². The van der Waals surface area contributed by atoms with E-state index in [9.17, 15) is 0 Å². The number of benzene rings is 1. The molecule has 90 valence electrons. The third-order valence-corrected chi connectivity index (χ3v) is 4.91. The highest BCUT2D eigenvalue weighted by atomic mass is 79.9. The summed E-state index contributed by atoms with van der Waals surface area (Å²) in [5.74, 6) is 0. The number of aromatic nitrogens is 1. The van der Waals surface area contributed by atoms with Crippen LogP contribution in [0.25, 0.3) is 10.9 Å². The lowest BCUT2D eigenvalue weighted by molar-refractivity contribution is 1.03. The molecule has 1 nitrogen and oxygen atoms in total. The number of pyridine rings is 1. The molecule has 0 fully saturated rings. The molecule has 0 aliphatic heterocycles. The van der Waals surface area contributed by atoms with E-state index >= 15 is 0 Å². The van der Waals surface area contributed by atoms with E-state index in [1.54, 1.807) is 0 Å². The quantitative estimate of drug-likeness (QED) is 0.588. The standard InChI is InChI=1S/C12H9BrCl3N/c1-3-8-5(2)9(14)6-4-7(13)10(15)11(16)12(6)17-8/h4H,3H2,1-2H3. The van der Waals surface area contributed by atoms with Crippen molar-refractivity contribution in [2.75, 3.05) is 0 Å². The number of hydrogen-bond acceptors (Lipinski definition) is 1. The smallest absolute Gasteiger partial charge is 0.0922 e. The molecule has 0 atom stereocenters. The first kappa shape index (κ1) is 13.4. The monoisotopic (exact) mass is 351 g/mol. The van der Waals surface area contributed by atoms with Crippen LogP contribution in [0.2, 0.25) is 15.1 Å². The highest BCUT2D eigenvalue weighted by Gasteiger charge is 2.15. The van der Waals surface area contributed by atoms with Crippen LogP contribution >= 0.6 is 50.7 Å². The molecule has 5 heteroatoms. The number of nitrogens with zero attached hydrogens (tertiary/aromatic N) is 1. The number of fused-ring (bicyclic) bond motifs is 1. The van der Waals surface area contributed by atoms with Gasteiger partial charge in [-0.1, -0.05) is 41.7 Å². The van der Waals surface area contributed by atoms with Crippen molar-refractivity contribution in [3.8, 4) is 0 Å². The Morgan fingerprint density at radius 1 is 1.18 bits per heavy atom. The SMILES string of the molecule is CCc1nc2c(Cl)c(Cl)c(Br)cc2c(Cl)c1C. The predicted octanol–water partition coefficient (Wildman–Crippen LogP) is 5.83. The Kier molecular flexibility index (Phi) is 3.89. The number of aryl methyl sites for hydroxylation is 1. The molecule has 0 aliphatic rings. The van der Waals surface area contributed by atoms with Gasteiger partial charge < -0.3 is 0 Å². The van der Waals surface area contributed by atoms with Crippen molar-refractivity contribution in [2.45, 2.75) is 20.3 Å². The third-order valence-electron chi connectivity index (χ3n) is 2.72. The van der Waals surface area contributed by atoms with Crippen LogP contribution in [-0.2, 0) is 6.42 Å². The average molecular weight is 353 g/mol. The van der Waals surface area contributed by atoms with E-state index in [-0.39, 0.29) is 0 Å². The summed E-state index contributed by atoms with van der Waals surface area (Å²) >= 11 is 22.0. The second kappa shape index (κ2) is 4.93. The maximum Gasteiger partial charge on any atom is 0.0922 e. The second-order valence-electron chi connectivity index (χ2n) is 3.73. The first-order valence-corrected chi connectivity index (χ1v) is 7.02. The number of halogens is 4. The topological polar surface area (TPSA) is 12.9 Å². The summed E-state index contributed by atoms with van der Waals surface area (Å²) in [6, 6.07) is 1.85. The summed E-state index contributed by atoms with van der Waals surface area (Å²) in [6.45, 7) is 4.00. The Bertz CT molecular complexity index is 611. The summed E-state index contributed by atoms with van der Waals surface area (Å²) in [5.41, 5.74) is 2.60. The Hall–Kier alpha value is -0.0200. The molecule has 0 amide bonds. The molecule has 2 rings (SSSR count). The summed E-state index contributed by atoms with van der Waals surface area (Å²) in [5, 5.41) is 2.41. The highest BCUT2D eigenvalue weighted by Crippen LogP contribution is 2.39. The van der Waals surface area contributed by atoms with E-state index in [0.29, 0.717) is 20.6 Å². The fourth-order valence-electron chi connectivity index (χ4n) is 1.75. The lowest BCUT2D eigenvalue weighted by atomic mass is 10.1. The van der Waals surface area contributed by atoms with Crippen LogP contribution in [0, 0.1) is 6.92 Å². The van der Waals surface area contributed by atoms with Crippen LogP contribution in [-0.4, -0.2) is 4.98 Å². The van der Waals surface area contributed by atoms with Crippen molar-refractivity contribution in [1.82, 2.24) is 4.98 Å². The van der Waals surface area contributed by atoms with Gasteiger partial charge in [-0.2, -0.15) is 0 Å². The number of rotatable bonds is 1. The second-order valence-corrected chi connectivity index (χ2v) is 5.72. The average Bonchev–Trinajstić information content (AvgIpc) is 2.32. The van der Waals surface area contributed by atoms with Gasteiger partial charge in [0.1, 0.15) is 0 Å². The molecule has 0 radical (unpaired) electrons. The van der Waals surface area contributed by atoms with Crippen LogP contribution < -0.4 is 0 Å². The molecule has 1 aromatic heterocycles. The van der Waals surface area contributed by atoms with Gasteiger partial charge in [0, 0.05) is 15.6 Å². The lowest BCUT2D eigenvalue weighted by Gasteiger charge is -2.11. The summed E-state index contributed by atoms with van der Waals surface area (Å²) < 4.78 is 0.726. The van der Waals surface area contributed by atoms with Gasteiger partial charge in [0.2, 0.25) is 0 Å². The molecule has 1 heterocycles. The van der Waals surface area contributed by atoms with Gasteiger partial charge in [0.25, 0.3) is 0 Å². The van der Waals surface area contributed by atoms with E-state index in [1.165, 1.54) is 0 Å². The van der Waals surface area contributed by atoms with Crippen molar-refractivity contribution >= 4 is 61.6 Å². The minimum absolute atomic E-state index is 0.438. The van der Waals surface area contributed by atoms with E-state index in [0.717, 1.165) is 27.5 Å². The maximum absolute atomic E-state index is 6.34. The van der Waals surface area contributed by atoms with Crippen molar-refractivity contribution in [3.63, 3.8) is 0 Å². The minimum atomic E-state index is 0.438. The lowest BCUT2D eigenvalue weighted by Crippen LogP contribution is -1.96. The molecule has 1 aromatic carbocycles. The van der Waals surface area contributed by atoms with Crippen LogP contribution in [0.3, 0.4) is 0 Å². The fourth-order valence-corrected chi connectivity index (χ4v) is 2.94. The molecule has 0 aliphatic carbocycles. The van der Waals surface area contributed by atoms with E-state index in [1.807, 2.05) is 19.9 Å². The Labute approximate surface area is 123 Å². The summed E-state index contributed by atoms with van der Waals surface area (Å²) in [7, 11) is 0. The zero-order chi connectivity index (χ0) is 12.7. The summed E-state index contributed by atoms with van der Waals surface area (Å²) in [4.78, 5) is 4.53. The Morgan fingerprint density at radius 2 is 1.82 bits per heavy atom. The third kappa shape index (κ3) is 2.17. The van der Waals surface area contributed by atoms with Crippen molar-refractivity contribution in [2.24, 2.45) is 0 Å². The van der Waals surface area contributed by atoms with Gasteiger partial charge in [-0.15, -0.1) is 0 Å². The molecular formula is C12H9BrCl3N. The molecule has 0 unspecified atom stereocenters. The Morgan fingerprint density at radius 3 is 2.41 bits per heavy atom. The molecule has 2 aromatic rings.